The van der Waals surface area contributed by atoms with E-state index < -0.39 is 0 Å². The third kappa shape index (κ3) is 4.56. The van der Waals surface area contributed by atoms with Gasteiger partial charge in [-0.2, -0.15) is 0 Å². The fraction of sp³-hybridized carbons (Fsp3) is 0.611. The first-order valence-electron chi connectivity index (χ1n) is 8.75. The van der Waals surface area contributed by atoms with E-state index in [0.29, 0.717) is 21.8 Å². The molecule has 2 aliphatic rings. The first-order chi connectivity index (χ1) is 11.6. The van der Waals surface area contributed by atoms with Gasteiger partial charge in [-0.25, -0.2) is 0 Å². The lowest BCUT2D eigenvalue weighted by Gasteiger charge is -2.38. The molecule has 1 aromatic rings. The lowest BCUT2D eigenvalue weighted by molar-refractivity contribution is -0.124. The number of carbonyl (C=O) groups excluding carboxylic acids is 1. The molecule has 0 bridgehead atoms. The van der Waals surface area contributed by atoms with Gasteiger partial charge in [0.25, 0.3) is 5.91 Å². The Morgan fingerprint density at radius 1 is 1.12 bits per heavy atom. The number of likely N-dealkylation sites (tertiary alicyclic amines) is 1. The molecule has 1 aliphatic carbocycles. The third-order valence-electron chi connectivity index (χ3n) is 4.95. The van der Waals surface area contributed by atoms with Crippen LogP contribution in [0, 0.1) is 0 Å². The van der Waals surface area contributed by atoms with Gasteiger partial charge in [0.2, 0.25) is 0 Å². The summed E-state index contributed by atoms with van der Waals surface area (Å²) in [6.45, 7) is 2.33. The number of hydrogen-bond acceptors (Lipinski definition) is 3. The van der Waals surface area contributed by atoms with Crippen molar-refractivity contribution in [1.82, 2.24) is 10.2 Å². The van der Waals surface area contributed by atoms with E-state index in [2.05, 4.69) is 10.2 Å². The average Bonchev–Trinajstić information content (AvgIpc) is 3.11. The molecule has 1 N–H and O–H groups in total. The van der Waals surface area contributed by atoms with Crippen LogP contribution < -0.4 is 10.1 Å². The Bertz CT molecular complexity index is 576. The van der Waals surface area contributed by atoms with Crippen LogP contribution in [-0.2, 0) is 4.79 Å². The maximum Gasteiger partial charge on any atom is 0.258 e. The number of halogens is 2. The van der Waals surface area contributed by atoms with Crippen LogP contribution >= 0.6 is 23.2 Å². The Kier molecular flexibility index (Phi) is 6.25. The summed E-state index contributed by atoms with van der Waals surface area (Å²) in [5.41, 5.74) is 0. The van der Waals surface area contributed by atoms with Crippen molar-refractivity contribution in [1.29, 1.82) is 0 Å². The van der Waals surface area contributed by atoms with E-state index in [1.165, 1.54) is 32.1 Å². The average molecular weight is 371 g/mol. The molecule has 0 radical (unpaired) electrons. The summed E-state index contributed by atoms with van der Waals surface area (Å²) < 4.78 is 5.54. The molecular weight excluding hydrogens is 347 g/mol. The van der Waals surface area contributed by atoms with E-state index in [0.717, 1.165) is 19.5 Å². The zero-order valence-electron chi connectivity index (χ0n) is 13.8. The Morgan fingerprint density at radius 2 is 1.88 bits per heavy atom. The van der Waals surface area contributed by atoms with Crippen molar-refractivity contribution in [3.05, 3.63) is 28.2 Å². The standard InChI is InChI=1S/C18H24Cl2N2O2/c19-14-8-7-13(11-15(14)20)24-12-18(23)21-16-5-1-2-6-17(16)22-9-3-4-10-22/h7-8,11,16-17H,1-6,9-10,12H2,(H,21,23)/t16-,17-/m0/s1. The predicted octanol–water partition coefficient (Wildman–Crippen LogP) is 3.90. The van der Waals surface area contributed by atoms with E-state index in [1.807, 2.05) is 0 Å². The first kappa shape index (κ1) is 17.8. The van der Waals surface area contributed by atoms with Crippen molar-refractivity contribution < 1.29 is 9.53 Å². The first-order valence-corrected chi connectivity index (χ1v) is 9.50. The molecule has 2 fully saturated rings. The van der Waals surface area contributed by atoms with Crippen molar-refractivity contribution in [3.8, 4) is 5.75 Å². The van der Waals surface area contributed by atoms with Gasteiger partial charge in [-0.1, -0.05) is 36.0 Å². The van der Waals surface area contributed by atoms with Gasteiger partial charge < -0.3 is 10.1 Å². The molecule has 1 saturated heterocycles. The smallest absolute Gasteiger partial charge is 0.258 e. The van der Waals surface area contributed by atoms with Crippen LogP contribution in [0.5, 0.6) is 5.75 Å². The monoisotopic (exact) mass is 370 g/mol. The molecule has 4 nitrogen and oxygen atoms in total. The second-order valence-corrected chi connectivity index (χ2v) is 7.45. The van der Waals surface area contributed by atoms with E-state index in [4.69, 9.17) is 27.9 Å². The van der Waals surface area contributed by atoms with Gasteiger partial charge >= 0.3 is 0 Å². The minimum atomic E-state index is -0.0721. The van der Waals surface area contributed by atoms with E-state index in [-0.39, 0.29) is 18.6 Å². The van der Waals surface area contributed by atoms with Crippen molar-refractivity contribution in [2.45, 2.75) is 50.6 Å². The molecule has 3 rings (SSSR count). The number of benzene rings is 1. The highest BCUT2D eigenvalue weighted by Crippen LogP contribution is 2.27. The van der Waals surface area contributed by atoms with Crippen molar-refractivity contribution in [2.75, 3.05) is 19.7 Å². The van der Waals surface area contributed by atoms with Gasteiger partial charge in [0.05, 0.1) is 10.0 Å². The number of ether oxygens (including phenoxy) is 1. The number of nitrogens with zero attached hydrogens (tertiary/aromatic N) is 1. The normalized spacial score (nSPS) is 24.8. The van der Waals surface area contributed by atoms with Gasteiger partial charge in [-0.15, -0.1) is 0 Å². The minimum absolute atomic E-state index is 0.00117. The Hall–Kier alpha value is -0.970. The van der Waals surface area contributed by atoms with E-state index >= 15 is 0 Å². The van der Waals surface area contributed by atoms with Crippen molar-refractivity contribution >= 4 is 29.1 Å². The highest BCUT2D eigenvalue weighted by Gasteiger charge is 2.32. The highest BCUT2D eigenvalue weighted by atomic mass is 35.5. The molecule has 0 unspecified atom stereocenters. The largest absolute Gasteiger partial charge is 0.484 e. The lowest BCUT2D eigenvalue weighted by atomic mass is 9.89. The van der Waals surface area contributed by atoms with Crippen LogP contribution in [0.25, 0.3) is 0 Å². The van der Waals surface area contributed by atoms with Gasteiger partial charge in [0, 0.05) is 18.2 Å². The van der Waals surface area contributed by atoms with Gasteiger partial charge in [-0.05, 0) is 50.9 Å². The van der Waals surface area contributed by atoms with Gasteiger partial charge in [0.15, 0.2) is 6.61 Å². The maximum absolute atomic E-state index is 12.3. The zero-order valence-corrected chi connectivity index (χ0v) is 15.3. The van der Waals surface area contributed by atoms with Crippen LogP contribution in [0.2, 0.25) is 10.0 Å². The van der Waals surface area contributed by atoms with Crippen LogP contribution in [0.3, 0.4) is 0 Å². The SMILES string of the molecule is O=C(COc1ccc(Cl)c(Cl)c1)N[C@H]1CCCC[C@@H]1N1CCCC1. The molecule has 1 aliphatic heterocycles. The van der Waals surface area contributed by atoms with Crippen molar-refractivity contribution in [2.24, 2.45) is 0 Å². The summed E-state index contributed by atoms with van der Waals surface area (Å²) in [4.78, 5) is 14.8. The minimum Gasteiger partial charge on any atom is -0.484 e. The molecule has 1 aromatic carbocycles. The summed E-state index contributed by atoms with van der Waals surface area (Å²) >= 11 is 11.8. The Labute approximate surface area is 153 Å². The number of amides is 1. The summed E-state index contributed by atoms with van der Waals surface area (Å²) in [6.07, 6.45) is 7.23. The summed E-state index contributed by atoms with van der Waals surface area (Å²) in [5, 5.41) is 4.08. The quantitative estimate of drug-likeness (QED) is 0.854. The molecular formula is C18H24Cl2N2O2. The van der Waals surface area contributed by atoms with E-state index in [1.54, 1.807) is 18.2 Å². The zero-order chi connectivity index (χ0) is 16.9. The van der Waals surface area contributed by atoms with Crippen LogP contribution in [0.1, 0.15) is 38.5 Å². The summed E-state index contributed by atoms with van der Waals surface area (Å²) in [6, 6.07) is 5.73. The van der Waals surface area contributed by atoms with Crippen LogP contribution in [0.15, 0.2) is 18.2 Å². The maximum atomic E-state index is 12.3. The molecule has 24 heavy (non-hydrogen) atoms. The molecule has 1 amide bonds. The van der Waals surface area contributed by atoms with Crippen molar-refractivity contribution in [3.63, 3.8) is 0 Å². The van der Waals surface area contributed by atoms with E-state index in [9.17, 15) is 4.79 Å². The Morgan fingerprint density at radius 3 is 2.62 bits per heavy atom. The van der Waals surface area contributed by atoms with Crippen LogP contribution in [-0.4, -0.2) is 42.6 Å². The summed E-state index contributed by atoms with van der Waals surface area (Å²) in [7, 11) is 0. The van der Waals surface area contributed by atoms with Gasteiger partial charge in [-0.3, -0.25) is 9.69 Å². The molecule has 2 atom stereocenters. The molecule has 1 saturated carbocycles. The number of rotatable bonds is 5. The lowest BCUT2D eigenvalue weighted by Crippen LogP contribution is -2.53. The van der Waals surface area contributed by atoms with Crippen LogP contribution in [0.4, 0.5) is 0 Å². The molecule has 6 heteroatoms. The third-order valence-corrected chi connectivity index (χ3v) is 5.69. The topological polar surface area (TPSA) is 41.6 Å². The number of nitrogens with one attached hydrogen (secondary N) is 1. The Balaban J connectivity index is 1.51. The predicted molar refractivity (Wildman–Crippen MR) is 97.0 cm³/mol. The number of hydrogen-bond donors (Lipinski definition) is 1. The highest BCUT2D eigenvalue weighted by molar-refractivity contribution is 6.42. The second-order valence-electron chi connectivity index (χ2n) is 6.63. The second kappa shape index (κ2) is 8.41. The fourth-order valence-electron chi connectivity index (χ4n) is 3.75. The molecule has 0 spiro atoms. The molecule has 0 aromatic heterocycles. The number of carbonyl (C=O) groups is 1. The van der Waals surface area contributed by atoms with Gasteiger partial charge in [0.1, 0.15) is 5.75 Å². The fourth-order valence-corrected chi connectivity index (χ4v) is 4.04. The summed E-state index contributed by atoms with van der Waals surface area (Å²) in [5.74, 6) is 0.483. The molecule has 132 valence electrons. The molecule has 1 heterocycles.